The fourth-order valence-electron chi connectivity index (χ4n) is 3.08. The monoisotopic (exact) mass is 468 g/mol. The van der Waals surface area contributed by atoms with Crippen molar-refractivity contribution in [3.63, 3.8) is 0 Å². The van der Waals surface area contributed by atoms with Crippen LogP contribution >= 0.6 is 23.2 Å². The summed E-state index contributed by atoms with van der Waals surface area (Å²) in [5, 5.41) is 6.22. The molecule has 0 fully saturated rings. The number of ether oxygens (including phenoxy) is 2. The molecule has 32 heavy (non-hydrogen) atoms. The van der Waals surface area contributed by atoms with E-state index >= 15 is 0 Å². The first-order chi connectivity index (χ1) is 15.4. The fraction of sp³-hybridized carbons (Fsp3) is 0.0833. The van der Waals surface area contributed by atoms with Crippen molar-refractivity contribution < 1.29 is 19.1 Å². The predicted octanol–water partition coefficient (Wildman–Crippen LogP) is 5.44. The number of fused-ring (bicyclic) bond motifs is 1. The quantitative estimate of drug-likeness (QED) is 0.488. The molecule has 3 aromatic carbocycles. The number of rotatable bonds is 5. The standard InChI is InChI=1S/C24H18Cl2N2O4/c1-14-6-8-16(25)12-19(14)27-24(30)20(28-23(29)17-4-2-3-5-18(17)26)10-15-7-9-21-22(11-15)32-13-31-21/h2-12H,13H2,1H3,(H,27,30)(H,28,29). The summed E-state index contributed by atoms with van der Waals surface area (Å²) in [6.45, 7) is 1.97. The van der Waals surface area contributed by atoms with Gasteiger partial charge in [0.05, 0.1) is 10.6 Å². The third-order valence-corrected chi connectivity index (χ3v) is 5.33. The molecule has 4 rings (SSSR count). The molecule has 2 amide bonds. The van der Waals surface area contributed by atoms with E-state index in [1.165, 1.54) is 0 Å². The number of hydrogen-bond donors (Lipinski definition) is 2. The van der Waals surface area contributed by atoms with Crippen molar-refractivity contribution in [1.29, 1.82) is 0 Å². The second kappa shape index (κ2) is 9.34. The summed E-state index contributed by atoms with van der Waals surface area (Å²) in [4.78, 5) is 26.0. The first-order valence-corrected chi connectivity index (χ1v) is 10.4. The van der Waals surface area contributed by atoms with Crippen molar-refractivity contribution >= 4 is 46.8 Å². The summed E-state index contributed by atoms with van der Waals surface area (Å²) in [5.41, 5.74) is 2.26. The maximum Gasteiger partial charge on any atom is 0.272 e. The molecule has 0 saturated carbocycles. The highest BCUT2D eigenvalue weighted by Gasteiger charge is 2.19. The van der Waals surface area contributed by atoms with Gasteiger partial charge >= 0.3 is 0 Å². The van der Waals surface area contributed by atoms with E-state index in [1.54, 1.807) is 66.7 Å². The van der Waals surface area contributed by atoms with Gasteiger partial charge in [0.2, 0.25) is 6.79 Å². The van der Waals surface area contributed by atoms with E-state index in [4.69, 9.17) is 32.7 Å². The Morgan fingerprint density at radius 1 is 0.969 bits per heavy atom. The SMILES string of the molecule is Cc1ccc(Cl)cc1NC(=O)C(=Cc1ccc2c(c1)OCO2)NC(=O)c1ccccc1Cl. The van der Waals surface area contributed by atoms with Crippen LogP contribution in [0.2, 0.25) is 10.0 Å². The molecule has 0 unspecified atom stereocenters. The number of benzene rings is 3. The van der Waals surface area contributed by atoms with E-state index in [-0.39, 0.29) is 23.1 Å². The Bertz CT molecular complexity index is 1240. The number of carbonyl (C=O) groups is 2. The van der Waals surface area contributed by atoms with Gasteiger partial charge in [0.25, 0.3) is 11.8 Å². The van der Waals surface area contributed by atoms with Crippen molar-refractivity contribution in [2.45, 2.75) is 6.92 Å². The summed E-state index contributed by atoms with van der Waals surface area (Å²) in [6.07, 6.45) is 1.55. The van der Waals surface area contributed by atoms with Crippen LogP contribution in [0.15, 0.2) is 66.4 Å². The molecule has 0 radical (unpaired) electrons. The lowest BCUT2D eigenvalue weighted by Crippen LogP contribution is -2.31. The van der Waals surface area contributed by atoms with Crippen LogP contribution in [-0.4, -0.2) is 18.6 Å². The summed E-state index contributed by atoms with van der Waals surface area (Å²) < 4.78 is 10.7. The van der Waals surface area contributed by atoms with E-state index in [0.717, 1.165) is 5.56 Å². The van der Waals surface area contributed by atoms with Gasteiger partial charge in [-0.15, -0.1) is 0 Å². The second-order valence-corrected chi connectivity index (χ2v) is 7.86. The Kier molecular flexibility index (Phi) is 6.35. The smallest absolute Gasteiger partial charge is 0.272 e. The minimum atomic E-state index is -0.520. The molecule has 0 aliphatic carbocycles. The molecule has 0 spiro atoms. The lowest BCUT2D eigenvalue weighted by Gasteiger charge is -2.13. The van der Waals surface area contributed by atoms with Crippen LogP contribution in [0.5, 0.6) is 11.5 Å². The van der Waals surface area contributed by atoms with Gasteiger partial charge in [-0.3, -0.25) is 9.59 Å². The number of nitrogens with one attached hydrogen (secondary N) is 2. The number of amides is 2. The first-order valence-electron chi connectivity index (χ1n) is 9.65. The zero-order valence-electron chi connectivity index (χ0n) is 16.9. The maximum absolute atomic E-state index is 13.1. The van der Waals surface area contributed by atoms with Crippen molar-refractivity contribution in [1.82, 2.24) is 5.32 Å². The summed E-state index contributed by atoms with van der Waals surface area (Å²) in [5.74, 6) is 0.137. The highest BCUT2D eigenvalue weighted by Crippen LogP contribution is 2.33. The van der Waals surface area contributed by atoms with Crippen molar-refractivity contribution in [2.24, 2.45) is 0 Å². The molecule has 3 aromatic rings. The summed E-state index contributed by atoms with van der Waals surface area (Å²) in [7, 11) is 0. The Balaban J connectivity index is 1.67. The number of aryl methyl sites for hydroxylation is 1. The number of hydrogen-bond acceptors (Lipinski definition) is 4. The third-order valence-electron chi connectivity index (χ3n) is 4.77. The van der Waals surface area contributed by atoms with E-state index in [1.807, 2.05) is 6.92 Å². The van der Waals surface area contributed by atoms with Crippen LogP contribution in [0.25, 0.3) is 6.08 Å². The van der Waals surface area contributed by atoms with Gasteiger partial charge in [-0.25, -0.2) is 0 Å². The molecule has 8 heteroatoms. The second-order valence-electron chi connectivity index (χ2n) is 7.02. The summed E-state index contributed by atoms with van der Waals surface area (Å²) in [6, 6.07) is 17.0. The Hall–Kier alpha value is -3.48. The number of anilines is 1. The van der Waals surface area contributed by atoms with Crippen molar-refractivity contribution in [3.8, 4) is 11.5 Å². The highest BCUT2D eigenvalue weighted by molar-refractivity contribution is 6.34. The van der Waals surface area contributed by atoms with E-state index in [0.29, 0.717) is 27.8 Å². The topological polar surface area (TPSA) is 76.7 Å². The Morgan fingerprint density at radius 3 is 2.56 bits per heavy atom. The average Bonchev–Trinajstić information content (AvgIpc) is 3.24. The molecule has 1 aliphatic heterocycles. The van der Waals surface area contributed by atoms with E-state index < -0.39 is 11.8 Å². The van der Waals surface area contributed by atoms with E-state index in [9.17, 15) is 9.59 Å². The first kappa shape index (κ1) is 21.7. The molecule has 162 valence electrons. The van der Waals surface area contributed by atoms with Crippen LogP contribution in [0, 0.1) is 6.92 Å². The molecule has 0 atom stereocenters. The highest BCUT2D eigenvalue weighted by atomic mass is 35.5. The lowest BCUT2D eigenvalue weighted by atomic mass is 10.1. The van der Waals surface area contributed by atoms with Gasteiger partial charge in [0.15, 0.2) is 11.5 Å². The Labute approximate surface area is 194 Å². The molecule has 1 aliphatic rings. The molecule has 0 bridgehead atoms. The zero-order valence-corrected chi connectivity index (χ0v) is 18.5. The molecular weight excluding hydrogens is 451 g/mol. The largest absolute Gasteiger partial charge is 0.454 e. The molecule has 6 nitrogen and oxygen atoms in total. The molecule has 0 saturated heterocycles. The van der Waals surface area contributed by atoms with Gasteiger partial charge in [0.1, 0.15) is 5.70 Å². The third kappa shape index (κ3) is 4.88. The van der Waals surface area contributed by atoms with Gasteiger partial charge in [-0.05, 0) is 60.5 Å². The lowest BCUT2D eigenvalue weighted by molar-refractivity contribution is -0.113. The van der Waals surface area contributed by atoms with Crippen LogP contribution in [0.3, 0.4) is 0 Å². The Morgan fingerprint density at radius 2 is 1.75 bits per heavy atom. The minimum absolute atomic E-state index is 0.0214. The van der Waals surface area contributed by atoms with Crippen molar-refractivity contribution in [3.05, 3.63) is 93.1 Å². The molecular formula is C24H18Cl2N2O4. The minimum Gasteiger partial charge on any atom is -0.454 e. The number of carbonyl (C=O) groups excluding carboxylic acids is 2. The van der Waals surface area contributed by atoms with Crippen LogP contribution in [0.1, 0.15) is 21.5 Å². The zero-order chi connectivity index (χ0) is 22.7. The summed E-state index contributed by atoms with van der Waals surface area (Å²) >= 11 is 12.2. The normalized spacial score (nSPS) is 12.4. The average molecular weight is 469 g/mol. The molecule has 0 aromatic heterocycles. The maximum atomic E-state index is 13.1. The van der Waals surface area contributed by atoms with Crippen LogP contribution in [0.4, 0.5) is 5.69 Å². The van der Waals surface area contributed by atoms with Gasteiger partial charge < -0.3 is 20.1 Å². The molecule has 1 heterocycles. The predicted molar refractivity (Wildman–Crippen MR) is 124 cm³/mol. The van der Waals surface area contributed by atoms with Gasteiger partial charge in [-0.2, -0.15) is 0 Å². The van der Waals surface area contributed by atoms with Crippen LogP contribution in [-0.2, 0) is 4.79 Å². The molecule has 2 N–H and O–H groups in total. The van der Waals surface area contributed by atoms with Gasteiger partial charge in [0, 0.05) is 10.7 Å². The van der Waals surface area contributed by atoms with E-state index in [2.05, 4.69) is 10.6 Å². The fourth-order valence-corrected chi connectivity index (χ4v) is 3.48. The van der Waals surface area contributed by atoms with Crippen molar-refractivity contribution in [2.75, 3.05) is 12.1 Å². The van der Waals surface area contributed by atoms with Gasteiger partial charge in [-0.1, -0.05) is 47.5 Å². The number of halogens is 2. The van der Waals surface area contributed by atoms with Crippen LogP contribution < -0.4 is 20.1 Å².